The van der Waals surface area contributed by atoms with E-state index in [4.69, 9.17) is 16.3 Å². The summed E-state index contributed by atoms with van der Waals surface area (Å²) < 4.78 is 31.0. The molecule has 0 unspecified atom stereocenters. The lowest BCUT2D eigenvalue weighted by Gasteiger charge is -2.13. The Morgan fingerprint density at radius 3 is 2.39 bits per heavy atom. The number of aliphatic hydroxyl groups is 1. The standard InChI is InChI=1S/C25H26ClNO5S/c1-17-14-23(10-11-25(17)32-18(2)28)33(30,31)22-8-6-19(7-9-22)12-13-27-16-24(29)20-4-3-5-21(26)15-20/h3-11,14-15,24,27,29H,12-13,16H2,1-2H3/t24-/m1/s1. The fourth-order valence-corrected chi connectivity index (χ4v) is 4.88. The molecular weight excluding hydrogens is 462 g/mol. The van der Waals surface area contributed by atoms with E-state index in [2.05, 4.69) is 5.32 Å². The van der Waals surface area contributed by atoms with Gasteiger partial charge in [-0.2, -0.15) is 0 Å². The zero-order chi connectivity index (χ0) is 24.0. The first-order chi connectivity index (χ1) is 15.7. The highest BCUT2D eigenvalue weighted by atomic mass is 35.5. The molecule has 3 aromatic rings. The quantitative estimate of drug-likeness (QED) is 0.266. The molecule has 3 rings (SSSR count). The van der Waals surface area contributed by atoms with E-state index >= 15 is 0 Å². The van der Waals surface area contributed by atoms with E-state index in [0.29, 0.717) is 35.8 Å². The Balaban J connectivity index is 1.58. The molecule has 2 N–H and O–H groups in total. The zero-order valence-corrected chi connectivity index (χ0v) is 20.0. The van der Waals surface area contributed by atoms with Gasteiger partial charge in [0.25, 0.3) is 0 Å². The molecule has 6 nitrogen and oxygen atoms in total. The molecule has 174 valence electrons. The van der Waals surface area contributed by atoms with Gasteiger partial charge < -0.3 is 15.2 Å². The van der Waals surface area contributed by atoms with Gasteiger partial charge in [0.2, 0.25) is 9.84 Å². The van der Waals surface area contributed by atoms with Crippen molar-refractivity contribution in [3.63, 3.8) is 0 Å². The van der Waals surface area contributed by atoms with Crippen molar-refractivity contribution in [2.75, 3.05) is 13.1 Å². The third-order valence-electron chi connectivity index (χ3n) is 5.11. The number of carbonyl (C=O) groups is 1. The fraction of sp³-hybridized carbons (Fsp3) is 0.240. The molecule has 0 aliphatic rings. The second-order valence-corrected chi connectivity index (χ2v) is 10.1. The molecule has 0 saturated carbocycles. The largest absolute Gasteiger partial charge is 0.426 e. The van der Waals surface area contributed by atoms with Crippen LogP contribution in [-0.2, 0) is 21.1 Å². The van der Waals surface area contributed by atoms with Gasteiger partial charge in [0.05, 0.1) is 15.9 Å². The summed E-state index contributed by atoms with van der Waals surface area (Å²) in [7, 11) is -3.69. The molecule has 8 heteroatoms. The minimum absolute atomic E-state index is 0.139. The molecule has 0 fully saturated rings. The smallest absolute Gasteiger partial charge is 0.308 e. The predicted octanol–water partition coefficient (Wildman–Crippen LogP) is 4.27. The van der Waals surface area contributed by atoms with E-state index in [-0.39, 0.29) is 9.79 Å². The first kappa shape index (κ1) is 24.9. The van der Waals surface area contributed by atoms with Crippen LogP contribution in [0.3, 0.4) is 0 Å². The third-order valence-corrected chi connectivity index (χ3v) is 7.11. The van der Waals surface area contributed by atoms with E-state index in [9.17, 15) is 18.3 Å². The summed E-state index contributed by atoms with van der Waals surface area (Å²) >= 11 is 5.95. The van der Waals surface area contributed by atoms with Gasteiger partial charge in [0, 0.05) is 18.5 Å². The Kier molecular flexibility index (Phi) is 8.26. The molecule has 0 bridgehead atoms. The van der Waals surface area contributed by atoms with Crippen molar-refractivity contribution < 1.29 is 23.1 Å². The second kappa shape index (κ2) is 10.9. The summed E-state index contributed by atoms with van der Waals surface area (Å²) in [5.41, 5.74) is 2.29. The van der Waals surface area contributed by atoms with Crippen LogP contribution in [0.1, 0.15) is 29.7 Å². The lowest BCUT2D eigenvalue weighted by Crippen LogP contribution is -2.23. The predicted molar refractivity (Wildman–Crippen MR) is 127 cm³/mol. The molecule has 0 amide bonds. The van der Waals surface area contributed by atoms with E-state index in [1.165, 1.54) is 25.1 Å². The van der Waals surface area contributed by atoms with Crippen molar-refractivity contribution in [3.05, 3.63) is 88.4 Å². The van der Waals surface area contributed by atoms with Crippen LogP contribution in [0.25, 0.3) is 0 Å². The number of aryl methyl sites for hydroxylation is 1. The van der Waals surface area contributed by atoms with Crippen LogP contribution in [0.4, 0.5) is 0 Å². The Labute approximate surface area is 199 Å². The van der Waals surface area contributed by atoms with Crippen LogP contribution in [0.2, 0.25) is 5.02 Å². The number of sulfone groups is 1. The highest BCUT2D eigenvalue weighted by molar-refractivity contribution is 7.91. The number of carbonyl (C=O) groups excluding carboxylic acids is 1. The maximum Gasteiger partial charge on any atom is 0.308 e. The maximum absolute atomic E-state index is 13.0. The van der Waals surface area contributed by atoms with Crippen molar-refractivity contribution in [1.29, 1.82) is 0 Å². The summed E-state index contributed by atoms with van der Waals surface area (Å²) in [4.78, 5) is 11.5. The monoisotopic (exact) mass is 487 g/mol. The van der Waals surface area contributed by atoms with E-state index in [0.717, 1.165) is 11.1 Å². The Hall–Kier alpha value is -2.71. The molecule has 1 atom stereocenters. The maximum atomic E-state index is 13.0. The Morgan fingerprint density at radius 2 is 1.76 bits per heavy atom. The van der Waals surface area contributed by atoms with Crippen molar-refractivity contribution in [2.24, 2.45) is 0 Å². The van der Waals surface area contributed by atoms with Gasteiger partial charge in [0.1, 0.15) is 5.75 Å². The average molecular weight is 488 g/mol. The Bertz CT molecular complexity index is 1230. The van der Waals surface area contributed by atoms with Crippen molar-refractivity contribution in [3.8, 4) is 5.75 Å². The summed E-state index contributed by atoms with van der Waals surface area (Å²) in [6.45, 7) is 4.00. The lowest BCUT2D eigenvalue weighted by molar-refractivity contribution is -0.131. The van der Waals surface area contributed by atoms with Crippen LogP contribution in [0, 0.1) is 6.92 Å². The fourth-order valence-electron chi connectivity index (χ4n) is 3.33. The molecule has 0 aliphatic heterocycles. The number of hydrogen-bond acceptors (Lipinski definition) is 6. The van der Waals surface area contributed by atoms with E-state index < -0.39 is 21.9 Å². The van der Waals surface area contributed by atoms with Gasteiger partial charge in [-0.25, -0.2) is 8.42 Å². The first-order valence-corrected chi connectivity index (χ1v) is 12.3. The van der Waals surface area contributed by atoms with E-state index in [1.807, 2.05) is 6.07 Å². The van der Waals surface area contributed by atoms with Crippen LogP contribution in [0.15, 0.2) is 76.5 Å². The van der Waals surface area contributed by atoms with E-state index in [1.54, 1.807) is 49.4 Å². The number of halogens is 1. The number of hydrogen-bond donors (Lipinski definition) is 2. The number of aliphatic hydroxyl groups excluding tert-OH is 1. The van der Waals surface area contributed by atoms with Gasteiger partial charge in [-0.1, -0.05) is 35.9 Å². The Morgan fingerprint density at radius 1 is 1.06 bits per heavy atom. The molecule has 0 aliphatic carbocycles. The highest BCUT2D eigenvalue weighted by Crippen LogP contribution is 2.27. The average Bonchev–Trinajstić information content (AvgIpc) is 2.78. The first-order valence-electron chi connectivity index (χ1n) is 10.4. The van der Waals surface area contributed by atoms with Crippen LogP contribution in [-0.4, -0.2) is 32.6 Å². The zero-order valence-electron chi connectivity index (χ0n) is 18.4. The minimum atomic E-state index is -3.69. The number of benzene rings is 3. The van der Waals surface area contributed by atoms with Crippen molar-refractivity contribution >= 4 is 27.4 Å². The molecule has 0 spiro atoms. The molecule has 0 aromatic heterocycles. The molecule has 33 heavy (non-hydrogen) atoms. The minimum Gasteiger partial charge on any atom is -0.426 e. The van der Waals surface area contributed by atoms with Crippen LogP contribution >= 0.6 is 11.6 Å². The number of rotatable bonds is 9. The SMILES string of the molecule is CC(=O)Oc1ccc(S(=O)(=O)c2ccc(CCNC[C@@H](O)c3cccc(Cl)c3)cc2)cc1C. The van der Waals surface area contributed by atoms with Gasteiger partial charge in [-0.15, -0.1) is 0 Å². The third kappa shape index (κ3) is 6.65. The number of esters is 1. The van der Waals surface area contributed by atoms with Gasteiger partial charge in [0.15, 0.2) is 0 Å². The molecule has 0 saturated heterocycles. The lowest BCUT2D eigenvalue weighted by atomic mass is 10.1. The number of nitrogens with one attached hydrogen (secondary N) is 1. The van der Waals surface area contributed by atoms with Crippen molar-refractivity contribution in [1.82, 2.24) is 5.32 Å². The molecule has 0 heterocycles. The van der Waals surface area contributed by atoms with Crippen LogP contribution in [0.5, 0.6) is 5.75 Å². The van der Waals surface area contributed by atoms with Gasteiger partial charge in [-0.3, -0.25) is 4.79 Å². The summed E-state index contributed by atoms with van der Waals surface area (Å²) in [5.74, 6) is -0.123. The highest BCUT2D eigenvalue weighted by Gasteiger charge is 2.19. The molecule has 0 radical (unpaired) electrons. The van der Waals surface area contributed by atoms with Crippen LogP contribution < -0.4 is 10.1 Å². The summed E-state index contributed by atoms with van der Waals surface area (Å²) in [5, 5.41) is 14.0. The van der Waals surface area contributed by atoms with Crippen molar-refractivity contribution in [2.45, 2.75) is 36.2 Å². The molecular formula is C25H26ClNO5S. The normalized spacial score (nSPS) is 12.4. The topological polar surface area (TPSA) is 92.7 Å². The van der Waals surface area contributed by atoms with Gasteiger partial charge in [-0.05, 0) is 79.0 Å². The summed E-state index contributed by atoms with van der Waals surface area (Å²) in [6, 6.07) is 18.3. The second-order valence-electron chi connectivity index (χ2n) is 7.69. The van der Waals surface area contributed by atoms with Gasteiger partial charge >= 0.3 is 5.97 Å². The number of ether oxygens (including phenoxy) is 1. The summed E-state index contributed by atoms with van der Waals surface area (Å²) in [6.07, 6.45) is 0.0191. The molecule has 3 aromatic carbocycles.